The molecule has 0 spiro atoms. The fourth-order valence-electron chi connectivity index (χ4n) is 1.64. The third-order valence-electron chi connectivity index (χ3n) is 2.52. The predicted molar refractivity (Wildman–Crippen MR) is 56.9 cm³/mol. The van der Waals surface area contributed by atoms with E-state index >= 15 is 0 Å². The molecule has 76 valence electrons. The van der Waals surface area contributed by atoms with Gasteiger partial charge in [-0.25, -0.2) is 0 Å². The number of nitrogens with zero attached hydrogens (tertiary/aromatic N) is 1. The third kappa shape index (κ3) is 1.55. The van der Waals surface area contributed by atoms with Gasteiger partial charge in [0.25, 0.3) is 5.69 Å². The summed E-state index contributed by atoms with van der Waals surface area (Å²) in [5, 5.41) is 13.8. The lowest BCUT2D eigenvalue weighted by Gasteiger charge is -2.11. The van der Waals surface area contributed by atoms with Crippen molar-refractivity contribution >= 4 is 11.4 Å². The van der Waals surface area contributed by atoms with Gasteiger partial charge in [0.2, 0.25) is 0 Å². The minimum absolute atomic E-state index is 0.194. The van der Waals surface area contributed by atoms with Gasteiger partial charge in [-0.1, -0.05) is 0 Å². The highest BCUT2D eigenvalue weighted by molar-refractivity contribution is 5.65. The SMILES string of the molecule is CNc1c(C)cc([N+](=O)[O-])c(C)c1C. The second kappa shape index (κ2) is 3.65. The number of rotatable bonds is 2. The van der Waals surface area contributed by atoms with E-state index in [0.717, 1.165) is 22.4 Å². The van der Waals surface area contributed by atoms with Crippen LogP contribution < -0.4 is 5.32 Å². The first-order valence-electron chi connectivity index (χ1n) is 4.42. The van der Waals surface area contributed by atoms with Crippen LogP contribution in [0.1, 0.15) is 16.7 Å². The van der Waals surface area contributed by atoms with Crippen LogP contribution in [0.25, 0.3) is 0 Å². The number of hydrogen-bond donors (Lipinski definition) is 1. The first kappa shape index (κ1) is 10.5. The zero-order valence-electron chi connectivity index (χ0n) is 8.84. The van der Waals surface area contributed by atoms with Crippen LogP contribution in [0.3, 0.4) is 0 Å². The van der Waals surface area contributed by atoms with Gasteiger partial charge in [0.15, 0.2) is 0 Å². The van der Waals surface area contributed by atoms with E-state index in [1.165, 1.54) is 0 Å². The molecule has 1 aromatic carbocycles. The van der Waals surface area contributed by atoms with Gasteiger partial charge in [0, 0.05) is 24.4 Å². The maximum atomic E-state index is 10.7. The summed E-state index contributed by atoms with van der Waals surface area (Å²) in [6, 6.07) is 1.61. The Morgan fingerprint density at radius 2 is 1.86 bits per heavy atom. The number of nitro groups is 1. The Morgan fingerprint density at radius 3 is 2.29 bits per heavy atom. The third-order valence-corrected chi connectivity index (χ3v) is 2.52. The summed E-state index contributed by atoms with van der Waals surface area (Å²) >= 11 is 0. The molecule has 0 fully saturated rings. The molecule has 0 saturated carbocycles. The summed E-state index contributed by atoms with van der Waals surface area (Å²) in [7, 11) is 1.82. The van der Waals surface area contributed by atoms with Crippen molar-refractivity contribution in [1.29, 1.82) is 0 Å². The first-order valence-corrected chi connectivity index (χ1v) is 4.42. The van der Waals surface area contributed by atoms with Gasteiger partial charge in [0.1, 0.15) is 0 Å². The van der Waals surface area contributed by atoms with E-state index in [2.05, 4.69) is 5.32 Å². The molecule has 0 aliphatic carbocycles. The van der Waals surface area contributed by atoms with Crippen molar-refractivity contribution in [2.45, 2.75) is 20.8 Å². The average molecular weight is 194 g/mol. The summed E-state index contributed by atoms with van der Waals surface area (Å²) in [6.07, 6.45) is 0. The maximum absolute atomic E-state index is 10.7. The van der Waals surface area contributed by atoms with Crippen LogP contribution in [0, 0.1) is 30.9 Å². The molecule has 0 aromatic heterocycles. The van der Waals surface area contributed by atoms with Crippen LogP contribution in [0.2, 0.25) is 0 Å². The largest absolute Gasteiger partial charge is 0.388 e. The minimum atomic E-state index is -0.339. The first-order chi connectivity index (χ1) is 6.49. The summed E-state index contributed by atoms with van der Waals surface area (Å²) in [5.41, 5.74) is 3.75. The Bertz CT molecular complexity index is 386. The van der Waals surface area contributed by atoms with Crippen LogP contribution in [0.5, 0.6) is 0 Å². The average Bonchev–Trinajstić information content (AvgIpc) is 2.12. The van der Waals surface area contributed by atoms with Gasteiger partial charge < -0.3 is 5.32 Å². The summed E-state index contributed by atoms with van der Waals surface area (Å²) < 4.78 is 0. The van der Waals surface area contributed by atoms with Gasteiger partial charge in [-0.05, 0) is 31.9 Å². The van der Waals surface area contributed by atoms with E-state index in [4.69, 9.17) is 0 Å². The molecule has 4 nitrogen and oxygen atoms in total. The molecular weight excluding hydrogens is 180 g/mol. The topological polar surface area (TPSA) is 55.2 Å². The molecule has 1 N–H and O–H groups in total. The Labute approximate surface area is 83.1 Å². The predicted octanol–water partition coefficient (Wildman–Crippen LogP) is 2.56. The Morgan fingerprint density at radius 1 is 1.29 bits per heavy atom. The second-order valence-corrected chi connectivity index (χ2v) is 3.34. The van der Waals surface area contributed by atoms with Gasteiger partial charge in [0.05, 0.1) is 4.92 Å². The van der Waals surface area contributed by atoms with E-state index in [-0.39, 0.29) is 10.6 Å². The van der Waals surface area contributed by atoms with E-state index in [0.29, 0.717) is 0 Å². The number of benzene rings is 1. The minimum Gasteiger partial charge on any atom is -0.388 e. The number of aryl methyl sites for hydroxylation is 1. The van der Waals surface area contributed by atoms with Crippen LogP contribution in [0.4, 0.5) is 11.4 Å². The number of nitro benzene ring substituents is 1. The molecule has 0 heterocycles. The highest BCUT2D eigenvalue weighted by atomic mass is 16.6. The summed E-state index contributed by atoms with van der Waals surface area (Å²) in [5.74, 6) is 0. The molecule has 0 atom stereocenters. The van der Waals surface area contributed by atoms with Crippen molar-refractivity contribution in [2.75, 3.05) is 12.4 Å². The summed E-state index contributed by atoms with van der Waals surface area (Å²) in [4.78, 5) is 10.4. The number of anilines is 1. The van der Waals surface area contributed by atoms with E-state index in [1.54, 1.807) is 13.0 Å². The molecule has 1 rings (SSSR count). The van der Waals surface area contributed by atoms with Crippen molar-refractivity contribution < 1.29 is 4.92 Å². The van der Waals surface area contributed by atoms with Gasteiger partial charge in [-0.3, -0.25) is 10.1 Å². The molecule has 14 heavy (non-hydrogen) atoms. The zero-order chi connectivity index (χ0) is 10.9. The van der Waals surface area contributed by atoms with E-state index < -0.39 is 0 Å². The molecule has 1 aromatic rings. The number of hydrogen-bond acceptors (Lipinski definition) is 3. The van der Waals surface area contributed by atoms with Crippen molar-refractivity contribution in [1.82, 2.24) is 0 Å². The molecule has 0 radical (unpaired) electrons. The standard InChI is InChI=1S/C10H14N2O2/c1-6-5-9(12(13)14)7(2)8(3)10(6)11-4/h5,11H,1-4H3. The molecule has 4 heteroatoms. The Kier molecular flexibility index (Phi) is 2.74. The van der Waals surface area contributed by atoms with E-state index in [1.807, 2.05) is 20.9 Å². The highest BCUT2D eigenvalue weighted by Gasteiger charge is 2.16. The highest BCUT2D eigenvalue weighted by Crippen LogP contribution is 2.30. The van der Waals surface area contributed by atoms with Crippen LogP contribution in [-0.2, 0) is 0 Å². The zero-order valence-corrected chi connectivity index (χ0v) is 8.84. The molecule has 0 aliphatic rings. The lowest BCUT2D eigenvalue weighted by molar-refractivity contribution is -0.385. The van der Waals surface area contributed by atoms with Gasteiger partial charge >= 0.3 is 0 Å². The lowest BCUT2D eigenvalue weighted by atomic mass is 10.0. The molecule has 0 unspecified atom stereocenters. The quantitative estimate of drug-likeness (QED) is 0.581. The van der Waals surface area contributed by atoms with Crippen LogP contribution in [-0.4, -0.2) is 12.0 Å². The van der Waals surface area contributed by atoms with Crippen molar-refractivity contribution in [2.24, 2.45) is 0 Å². The molecule has 0 amide bonds. The molecule has 0 saturated heterocycles. The Hall–Kier alpha value is -1.58. The van der Waals surface area contributed by atoms with Crippen LogP contribution >= 0.6 is 0 Å². The number of nitrogens with one attached hydrogen (secondary N) is 1. The van der Waals surface area contributed by atoms with Crippen molar-refractivity contribution in [3.05, 3.63) is 32.9 Å². The molecular formula is C10H14N2O2. The molecule has 0 bridgehead atoms. The lowest BCUT2D eigenvalue weighted by Crippen LogP contribution is -2.01. The van der Waals surface area contributed by atoms with Crippen molar-refractivity contribution in [3.8, 4) is 0 Å². The summed E-state index contributed by atoms with van der Waals surface area (Å²) in [6.45, 7) is 5.53. The fourth-order valence-corrected chi connectivity index (χ4v) is 1.64. The van der Waals surface area contributed by atoms with E-state index in [9.17, 15) is 10.1 Å². The second-order valence-electron chi connectivity index (χ2n) is 3.34. The van der Waals surface area contributed by atoms with Gasteiger partial charge in [-0.2, -0.15) is 0 Å². The fraction of sp³-hybridized carbons (Fsp3) is 0.400. The van der Waals surface area contributed by atoms with Gasteiger partial charge in [-0.15, -0.1) is 0 Å². The smallest absolute Gasteiger partial charge is 0.272 e. The maximum Gasteiger partial charge on any atom is 0.272 e. The van der Waals surface area contributed by atoms with Crippen molar-refractivity contribution in [3.63, 3.8) is 0 Å². The Balaban J connectivity index is 3.47. The molecule has 0 aliphatic heterocycles. The normalized spacial score (nSPS) is 10.0. The van der Waals surface area contributed by atoms with Crippen LogP contribution in [0.15, 0.2) is 6.07 Å². The monoisotopic (exact) mass is 194 g/mol.